The quantitative estimate of drug-likeness (QED) is 0.795. The summed E-state index contributed by atoms with van der Waals surface area (Å²) in [6, 6.07) is 4.24. The van der Waals surface area contributed by atoms with Gasteiger partial charge in [-0.2, -0.15) is 0 Å². The van der Waals surface area contributed by atoms with Crippen molar-refractivity contribution in [3.63, 3.8) is 0 Å². The van der Waals surface area contributed by atoms with E-state index >= 15 is 0 Å². The Morgan fingerprint density at radius 3 is 2.62 bits per heavy atom. The monoisotopic (exact) mass is 368 g/mol. The standard InChI is InChI=1S/C15H16N2O5S2/c1-21-13(19)9-3-4-10(14(20)22-2)11(7-9)17-12(18)8-24-15-16-5-6-23-15/h3-4,7H,5-6,8H2,1-2H3,(H,17,18). The van der Waals surface area contributed by atoms with E-state index in [9.17, 15) is 14.4 Å². The zero-order valence-corrected chi connectivity index (χ0v) is 14.8. The average molecular weight is 368 g/mol. The van der Waals surface area contributed by atoms with Gasteiger partial charge in [0.2, 0.25) is 5.91 Å². The molecule has 1 aromatic carbocycles. The Morgan fingerprint density at radius 2 is 2.00 bits per heavy atom. The number of carbonyl (C=O) groups excluding carboxylic acids is 3. The van der Waals surface area contributed by atoms with Crippen LogP contribution in [-0.4, -0.2) is 54.5 Å². The number of thioether (sulfide) groups is 2. The number of hydrogen-bond donors (Lipinski definition) is 1. The molecule has 0 saturated carbocycles. The molecular weight excluding hydrogens is 352 g/mol. The number of esters is 2. The van der Waals surface area contributed by atoms with Gasteiger partial charge in [0.05, 0.1) is 43.3 Å². The fourth-order valence-electron chi connectivity index (χ4n) is 1.90. The lowest BCUT2D eigenvalue weighted by Gasteiger charge is -2.11. The van der Waals surface area contributed by atoms with Gasteiger partial charge in [-0.25, -0.2) is 9.59 Å². The zero-order chi connectivity index (χ0) is 17.5. The highest BCUT2D eigenvalue weighted by molar-refractivity contribution is 8.39. The van der Waals surface area contributed by atoms with Crippen LogP contribution < -0.4 is 5.32 Å². The molecule has 2 rings (SSSR count). The maximum atomic E-state index is 12.1. The molecule has 0 radical (unpaired) electrons. The van der Waals surface area contributed by atoms with E-state index in [0.29, 0.717) is 0 Å². The molecule has 9 heteroatoms. The molecule has 0 saturated heterocycles. The predicted octanol–water partition coefficient (Wildman–Crippen LogP) is 2.03. The van der Waals surface area contributed by atoms with Gasteiger partial charge in [-0.3, -0.25) is 9.79 Å². The molecule has 24 heavy (non-hydrogen) atoms. The van der Waals surface area contributed by atoms with E-state index in [2.05, 4.69) is 15.0 Å². The van der Waals surface area contributed by atoms with Crippen LogP contribution in [0.15, 0.2) is 23.2 Å². The third-order valence-corrected chi connectivity index (χ3v) is 5.26. The molecule has 1 aromatic rings. The van der Waals surface area contributed by atoms with Crippen LogP contribution in [0.4, 0.5) is 5.69 Å². The summed E-state index contributed by atoms with van der Waals surface area (Å²) in [5.41, 5.74) is 0.594. The Labute approximate surface area is 147 Å². The van der Waals surface area contributed by atoms with Crippen molar-refractivity contribution in [3.8, 4) is 0 Å². The van der Waals surface area contributed by atoms with Crippen LogP contribution in [-0.2, 0) is 14.3 Å². The SMILES string of the molecule is COC(=O)c1ccc(C(=O)OC)c(NC(=O)CSC2=NCCS2)c1. The van der Waals surface area contributed by atoms with E-state index in [1.165, 1.54) is 44.2 Å². The number of anilines is 1. The first kappa shape index (κ1) is 18.3. The lowest BCUT2D eigenvalue weighted by molar-refractivity contribution is -0.113. The minimum atomic E-state index is -0.606. The highest BCUT2D eigenvalue weighted by Crippen LogP contribution is 2.23. The second kappa shape index (κ2) is 8.74. The minimum Gasteiger partial charge on any atom is -0.465 e. The first-order valence-electron chi connectivity index (χ1n) is 6.95. The van der Waals surface area contributed by atoms with Gasteiger partial charge >= 0.3 is 11.9 Å². The number of nitrogens with zero attached hydrogens (tertiary/aromatic N) is 1. The normalized spacial score (nSPS) is 13.2. The van der Waals surface area contributed by atoms with E-state index in [1.54, 1.807) is 11.8 Å². The van der Waals surface area contributed by atoms with Crippen LogP contribution in [0.1, 0.15) is 20.7 Å². The highest BCUT2D eigenvalue weighted by Gasteiger charge is 2.18. The topological polar surface area (TPSA) is 94.1 Å². The molecule has 128 valence electrons. The van der Waals surface area contributed by atoms with Gasteiger partial charge in [-0.1, -0.05) is 23.5 Å². The lowest BCUT2D eigenvalue weighted by Crippen LogP contribution is -2.18. The van der Waals surface area contributed by atoms with Crippen molar-refractivity contribution in [2.24, 2.45) is 4.99 Å². The third kappa shape index (κ3) is 4.75. The van der Waals surface area contributed by atoms with Crippen molar-refractivity contribution < 1.29 is 23.9 Å². The zero-order valence-electron chi connectivity index (χ0n) is 13.2. The van der Waals surface area contributed by atoms with Gasteiger partial charge in [-0.15, -0.1) is 0 Å². The van der Waals surface area contributed by atoms with Crippen LogP contribution in [0.2, 0.25) is 0 Å². The number of carbonyl (C=O) groups is 3. The van der Waals surface area contributed by atoms with Crippen LogP contribution in [0, 0.1) is 0 Å². The second-order valence-corrected chi connectivity index (χ2v) is 6.88. The lowest BCUT2D eigenvalue weighted by atomic mass is 10.1. The van der Waals surface area contributed by atoms with Crippen LogP contribution in [0.5, 0.6) is 0 Å². The summed E-state index contributed by atoms with van der Waals surface area (Å²) in [6.45, 7) is 0.766. The molecule has 0 aliphatic carbocycles. The molecular formula is C15H16N2O5S2. The van der Waals surface area contributed by atoms with Crippen molar-refractivity contribution >= 4 is 51.4 Å². The van der Waals surface area contributed by atoms with E-state index in [0.717, 1.165) is 16.7 Å². The first-order chi connectivity index (χ1) is 11.5. The maximum absolute atomic E-state index is 12.1. The summed E-state index contributed by atoms with van der Waals surface area (Å²) in [6.07, 6.45) is 0. The third-order valence-electron chi connectivity index (χ3n) is 3.00. The van der Waals surface area contributed by atoms with Gasteiger partial charge in [0, 0.05) is 5.75 Å². The van der Waals surface area contributed by atoms with Gasteiger partial charge < -0.3 is 14.8 Å². The molecule has 0 atom stereocenters. The molecule has 0 unspecified atom stereocenters. The van der Waals surface area contributed by atoms with E-state index in [1.807, 2.05) is 0 Å². The Bertz CT molecular complexity index is 690. The Morgan fingerprint density at radius 1 is 1.25 bits per heavy atom. The van der Waals surface area contributed by atoms with Gasteiger partial charge in [0.1, 0.15) is 4.38 Å². The van der Waals surface area contributed by atoms with Crippen molar-refractivity contribution in [2.45, 2.75) is 0 Å². The fraction of sp³-hybridized carbons (Fsp3) is 0.333. The fourth-order valence-corrected chi connectivity index (χ4v) is 3.71. The van der Waals surface area contributed by atoms with E-state index in [4.69, 9.17) is 4.74 Å². The number of amides is 1. The number of hydrogen-bond acceptors (Lipinski definition) is 8. The number of methoxy groups -OCH3 is 2. The number of ether oxygens (including phenoxy) is 2. The van der Waals surface area contributed by atoms with Crippen molar-refractivity contribution in [1.29, 1.82) is 0 Å². The van der Waals surface area contributed by atoms with Crippen molar-refractivity contribution in [1.82, 2.24) is 0 Å². The molecule has 1 aliphatic rings. The number of nitrogens with one attached hydrogen (secondary N) is 1. The summed E-state index contributed by atoms with van der Waals surface area (Å²) < 4.78 is 10.2. The molecule has 0 spiro atoms. The highest BCUT2D eigenvalue weighted by atomic mass is 32.2. The van der Waals surface area contributed by atoms with Gasteiger partial charge in [0.25, 0.3) is 0 Å². The summed E-state index contributed by atoms with van der Waals surface area (Å²) >= 11 is 2.95. The second-order valence-electron chi connectivity index (χ2n) is 4.58. The summed E-state index contributed by atoms with van der Waals surface area (Å²) in [5.74, 6) is -0.382. The number of aliphatic imine (C=N–C) groups is 1. The Hall–Kier alpha value is -2.00. The average Bonchev–Trinajstić information content (AvgIpc) is 3.12. The van der Waals surface area contributed by atoms with E-state index in [-0.39, 0.29) is 28.5 Å². The molecule has 0 bridgehead atoms. The smallest absolute Gasteiger partial charge is 0.339 e. The molecule has 1 amide bonds. The molecule has 1 aliphatic heterocycles. The molecule has 1 N–H and O–H groups in total. The van der Waals surface area contributed by atoms with Gasteiger partial charge in [-0.05, 0) is 18.2 Å². The summed E-state index contributed by atoms with van der Waals surface area (Å²) in [7, 11) is 2.50. The van der Waals surface area contributed by atoms with E-state index < -0.39 is 11.9 Å². The Kier molecular flexibility index (Phi) is 6.68. The number of rotatable bonds is 5. The van der Waals surface area contributed by atoms with Crippen LogP contribution >= 0.6 is 23.5 Å². The van der Waals surface area contributed by atoms with Crippen LogP contribution in [0.3, 0.4) is 0 Å². The first-order valence-corrected chi connectivity index (χ1v) is 8.93. The molecule has 1 heterocycles. The van der Waals surface area contributed by atoms with Crippen molar-refractivity contribution in [2.75, 3.05) is 37.6 Å². The number of benzene rings is 1. The maximum Gasteiger partial charge on any atom is 0.339 e. The molecule has 0 fully saturated rings. The summed E-state index contributed by atoms with van der Waals surface area (Å²) in [5, 5.41) is 2.64. The van der Waals surface area contributed by atoms with Crippen molar-refractivity contribution in [3.05, 3.63) is 29.3 Å². The van der Waals surface area contributed by atoms with Gasteiger partial charge in [0.15, 0.2) is 0 Å². The molecule has 7 nitrogen and oxygen atoms in total. The largest absolute Gasteiger partial charge is 0.465 e. The molecule has 0 aromatic heterocycles. The van der Waals surface area contributed by atoms with Crippen LogP contribution in [0.25, 0.3) is 0 Å². The Balaban J connectivity index is 2.13. The predicted molar refractivity (Wildman–Crippen MR) is 95.0 cm³/mol. The summed E-state index contributed by atoms with van der Waals surface area (Å²) in [4.78, 5) is 39.8. The minimum absolute atomic E-state index is 0.162.